The number of hydrogen-bond donors (Lipinski definition) is 3. The highest BCUT2D eigenvalue weighted by Crippen LogP contribution is 2.14. The molecule has 1 rings (SSSR count). The molecule has 4 heteroatoms. The summed E-state index contributed by atoms with van der Waals surface area (Å²) in [6.07, 6.45) is 2.72. The third-order valence-electron chi connectivity index (χ3n) is 2.64. The number of primary amides is 1. The van der Waals surface area contributed by atoms with E-state index in [2.05, 4.69) is 12.2 Å². The number of benzene rings is 1. The van der Waals surface area contributed by atoms with Crippen LogP contribution >= 0.6 is 0 Å². The Kier molecular flexibility index (Phi) is 5.49. The van der Waals surface area contributed by atoms with Crippen LogP contribution in [0.1, 0.15) is 31.7 Å². The Morgan fingerprint density at radius 3 is 2.88 bits per heavy atom. The van der Waals surface area contributed by atoms with Crippen molar-refractivity contribution in [2.24, 2.45) is 5.73 Å². The van der Waals surface area contributed by atoms with Crippen molar-refractivity contribution in [3.63, 3.8) is 0 Å². The number of aliphatic hydroxyl groups is 1. The van der Waals surface area contributed by atoms with Crippen LogP contribution in [0.15, 0.2) is 24.3 Å². The number of nitrogens with two attached hydrogens (primary N) is 1. The van der Waals surface area contributed by atoms with Crippen LogP contribution in [0.3, 0.4) is 0 Å². The minimum absolute atomic E-state index is 0.00822. The summed E-state index contributed by atoms with van der Waals surface area (Å²) in [4.78, 5) is 11.3. The highest BCUT2D eigenvalue weighted by Gasteiger charge is 2.14. The second-order valence-electron chi connectivity index (χ2n) is 4.10. The number of anilines is 1. The van der Waals surface area contributed by atoms with Crippen molar-refractivity contribution in [3.05, 3.63) is 29.8 Å². The van der Waals surface area contributed by atoms with Gasteiger partial charge in [0.15, 0.2) is 0 Å². The number of unbranched alkanes of at least 4 members (excludes halogenated alkanes) is 1. The highest BCUT2D eigenvalue weighted by molar-refractivity contribution is 5.82. The largest absolute Gasteiger partial charge is 0.392 e. The van der Waals surface area contributed by atoms with Crippen LogP contribution in [0.25, 0.3) is 0 Å². The standard InChI is InChI=1S/C13H20N2O2/c1-2-3-7-12(13(14)17)15-11-6-4-5-10(8-11)9-16/h4-6,8,12,15-16H,2-3,7,9H2,1H3,(H2,14,17). The van der Waals surface area contributed by atoms with E-state index in [4.69, 9.17) is 10.8 Å². The van der Waals surface area contributed by atoms with Crippen molar-refractivity contribution in [3.8, 4) is 0 Å². The van der Waals surface area contributed by atoms with E-state index < -0.39 is 0 Å². The molecule has 0 aliphatic heterocycles. The average Bonchev–Trinajstić information content (AvgIpc) is 2.34. The van der Waals surface area contributed by atoms with Gasteiger partial charge in [-0.1, -0.05) is 31.9 Å². The summed E-state index contributed by atoms with van der Waals surface area (Å²) in [5.74, 6) is -0.340. The van der Waals surface area contributed by atoms with Crippen LogP contribution < -0.4 is 11.1 Å². The first-order valence-electron chi connectivity index (χ1n) is 5.93. The van der Waals surface area contributed by atoms with Gasteiger partial charge < -0.3 is 16.2 Å². The molecule has 1 amide bonds. The molecule has 0 aliphatic carbocycles. The predicted molar refractivity (Wildman–Crippen MR) is 68.5 cm³/mol. The normalized spacial score (nSPS) is 12.1. The van der Waals surface area contributed by atoms with E-state index in [0.29, 0.717) is 0 Å². The molecule has 1 aromatic rings. The quantitative estimate of drug-likeness (QED) is 0.673. The summed E-state index contributed by atoms with van der Waals surface area (Å²) >= 11 is 0. The molecule has 0 heterocycles. The lowest BCUT2D eigenvalue weighted by Gasteiger charge is -2.16. The summed E-state index contributed by atoms with van der Waals surface area (Å²) in [6, 6.07) is 7.01. The van der Waals surface area contributed by atoms with Gasteiger partial charge >= 0.3 is 0 Å². The van der Waals surface area contributed by atoms with Gasteiger partial charge in [-0.3, -0.25) is 4.79 Å². The number of carbonyl (C=O) groups excluding carboxylic acids is 1. The molecule has 4 N–H and O–H groups in total. The molecule has 94 valence electrons. The fraction of sp³-hybridized carbons (Fsp3) is 0.462. The summed E-state index contributed by atoms with van der Waals surface area (Å²) in [5, 5.41) is 12.1. The topological polar surface area (TPSA) is 75.3 Å². The molecule has 0 aliphatic rings. The van der Waals surface area contributed by atoms with Crippen LogP contribution in [0.5, 0.6) is 0 Å². The molecule has 0 spiro atoms. The van der Waals surface area contributed by atoms with E-state index >= 15 is 0 Å². The molecule has 1 aromatic carbocycles. The molecule has 0 bridgehead atoms. The summed E-state index contributed by atoms with van der Waals surface area (Å²) in [5.41, 5.74) is 6.97. The minimum atomic E-state index is -0.344. The van der Waals surface area contributed by atoms with Gasteiger partial charge in [0.05, 0.1) is 6.61 Å². The van der Waals surface area contributed by atoms with E-state index in [1.807, 2.05) is 24.3 Å². The SMILES string of the molecule is CCCCC(Nc1cccc(CO)c1)C(N)=O. The third-order valence-corrected chi connectivity index (χ3v) is 2.64. The maximum absolute atomic E-state index is 11.3. The maximum atomic E-state index is 11.3. The maximum Gasteiger partial charge on any atom is 0.239 e. The van der Waals surface area contributed by atoms with Gasteiger partial charge in [0.1, 0.15) is 6.04 Å². The molecule has 0 saturated heterocycles. The second kappa shape index (κ2) is 6.91. The zero-order chi connectivity index (χ0) is 12.7. The molecule has 0 radical (unpaired) electrons. The zero-order valence-corrected chi connectivity index (χ0v) is 10.1. The van der Waals surface area contributed by atoms with Gasteiger partial charge in [0, 0.05) is 5.69 Å². The number of carbonyl (C=O) groups is 1. The summed E-state index contributed by atoms with van der Waals surface area (Å²) < 4.78 is 0. The van der Waals surface area contributed by atoms with Crippen molar-refractivity contribution in [2.75, 3.05) is 5.32 Å². The fourth-order valence-electron chi connectivity index (χ4n) is 1.65. The Labute approximate surface area is 102 Å². The molecule has 1 unspecified atom stereocenters. The number of hydrogen-bond acceptors (Lipinski definition) is 3. The lowest BCUT2D eigenvalue weighted by atomic mass is 10.1. The first kappa shape index (κ1) is 13.5. The van der Waals surface area contributed by atoms with Crippen LogP contribution in [0, 0.1) is 0 Å². The van der Waals surface area contributed by atoms with Gasteiger partial charge in [-0.15, -0.1) is 0 Å². The van der Waals surface area contributed by atoms with Crippen LogP contribution in [0.4, 0.5) is 5.69 Å². The first-order chi connectivity index (χ1) is 8.17. The van der Waals surface area contributed by atoms with Gasteiger partial charge in [-0.2, -0.15) is 0 Å². The van der Waals surface area contributed by atoms with Gasteiger partial charge in [0.25, 0.3) is 0 Å². The third kappa shape index (κ3) is 4.44. The number of rotatable bonds is 7. The first-order valence-corrected chi connectivity index (χ1v) is 5.93. The number of nitrogens with one attached hydrogen (secondary N) is 1. The van der Waals surface area contributed by atoms with E-state index in [1.165, 1.54) is 0 Å². The average molecular weight is 236 g/mol. The smallest absolute Gasteiger partial charge is 0.239 e. The van der Waals surface area contributed by atoms with Crippen molar-refractivity contribution in [1.82, 2.24) is 0 Å². The van der Waals surface area contributed by atoms with Gasteiger partial charge in [0.2, 0.25) is 5.91 Å². The predicted octanol–water partition coefficient (Wildman–Crippen LogP) is 1.63. The Morgan fingerprint density at radius 2 is 2.29 bits per heavy atom. The highest BCUT2D eigenvalue weighted by atomic mass is 16.3. The Balaban J connectivity index is 2.67. The zero-order valence-electron chi connectivity index (χ0n) is 10.1. The van der Waals surface area contributed by atoms with E-state index in [9.17, 15) is 4.79 Å². The summed E-state index contributed by atoms with van der Waals surface area (Å²) in [7, 11) is 0. The molecule has 0 saturated carbocycles. The van der Waals surface area contributed by atoms with Crippen LogP contribution in [-0.2, 0) is 11.4 Å². The number of amides is 1. The van der Waals surface area contributed by atoms with E-state index in [0.717, 1.165) is 30.5 Å². The Hall–Kier alpha value is -1.55. The van der Waals surface area contributed by atoms with Crippen molar-refractivity contribution in [1.29, 1.82) is 0 Å². The molecule has 0 aromatic heterocycles. The van der Waals surface area contributed by atoms with E-state index in [1.54, 1.807) is 0 Å². The fourth-order valence-corrected chi connectivity index (χ4v) is 1.65. The minimum Gasteiger partial charge on any atom is -0.392 e. The molecule has 0 fully saturated rings. The Bertz CT molecular complexity index is 366. The number of aliphatic hydroxyl groups excluding tert-OH is 1. The van der Waals surface area contributed by atoms with E-state index in [-0.39, 0.29) is 18.6 Å². The molecule has 17 heavy (non-hydrogen) atoms. The van der Waals surface area contributed by atoms with Crippen molar-refractivity contribution in [2.45, 2.75) is 38.8 Å². The molecule has 1 atom stereocenters. The van der Waals surface area contributed by atoms with Crippen molar-refractivity contribution < 1.29 is 9.90 Å². The lowest BCUT2D eigenvalue weighted by Crippen LogP contribution is -2.35. The molecular weight excluding hydrogens is 216 g/mol. The van der Waals surface area contributed by atoms with Crippen LogP contribution in [0.2, 0.25) is 0 Å². The van der Waals surface area contributed by atoms with Gasteiger partial charge in [-0.25, -0.2) is 0 Å². The second-order valence-corrected chi connectivity index (χ2v) is 4.10. The molecule has 4 nitrogen and oxygen atoms in total. The Morgan fingerprint density at radius 1 is 1.53 bits per heavy atom. The van der Waals surface area contributed by atoms with Crippen molar-refractivity contribution >= 4 is 11.6 Å². The van der Waals surface area contributed by atoms with Gasteiger partial charge in [-0.05, 0) is 24.1 Å². The van der Waals surface area contributed by atoms with Crippen LogP contribution in [-0.4, -0.2) is 17.1 Å². The monoisotopic (exact) mass is 236 g/mol. The summed E-state index contributed by atoms with van der Waals surface area (Å²) in [6.45, 7) is 2.07. The lowest BCUT2D eigenvalue weighted by molar-refractivity contribution is -0.118. The molecular formula is C13H20N2O2.